The lowest BCUT2D eigenvalue weighted by molar-refractivity contribution is 1.50. The zero-order valence-corrected chi connectivity index (χ0v) is 10.4. The molecule has 2 heteroatoms. The van der Waals surface area contributed by atoms with E-state index in [4.69, 9.17) is 5.73 Å². The Morgan fingerprint density at radius 1 is 0.923 bits per heavy atom. The monoisotopic (exact) mass is 195 g/mol. The highest BCUT2D eigenvalue weighted by Crippen LogP contribution is 2.04. The molecule has 0 heterocycles. The average molecular weight is 195 g/mol. The van der Waals surface area contributed by atoms with Gasteiger partial charge in [0.05, 0.1) is 8.07 Å². The summed E-state index contributed by atoms with van der Waals surface area (Å²) in [5.41, 5.74) is 6.44. The topological polar surface area (TPSA) is 26.0 Å². The number of rotatable bonds is 1. The lowest BCUT2D eigenvalue weighted by atomic mass is 10.3. The fraction of sp³-hybridized carbons (Fsp3) is 0.455. The van der Waals surface area contributed by atoms with Gasteiger partial charge < -0.3 is 5.73 Å². The number of anilines is 1. The second-order valence-electron chi connectivity index (χ2n) is 3.87. The van der Waals surface area contributed by atoms with Gasteiger partial charge >= 0.3 is 0 Å². The minimum absolute atomic E-state index is 0.854. The third-order valence-electron chi connectivity index (χ3n) is 1.78. The molecule has 0 amide bonds. The zero-order chi connectivity index (χ0) is 10.5. The smallest absolute Gasteiger partial charge is 0.0775 e. The quantitative estimate of drug-likeness (QED) is 0.541. The van der Waals surface area contributed by atoms with Gasteiger partial charge in [-0.2, -0.15) is 0 Å². The van der Waals surface area contributed by atoms with E-state index in [9.17, 15) is 0 Å². The van der Waals surface area contributed by atoms with Crippen molar-refractivity contribution in [2.45, 2.75) is 33.5 Å². The molecule has 1 nitrogen and oxygen atoms in total. The van der Waals surface area contributed by atoms with E-state index in [0.717, 1.165) is 5.69 Å². The molecule has 0 aliphatic heterocycles. The van der Waals surface area contributed by atoms with Crippen molar-refractivity contribution < 1.29 is 0 Å². The number of hydrogen-bond donors (Lipinski definition) is 1. The van der Waals surface area contributed by atoms with E-state index in [0.29, 0.717) is 0 Å². The molecule has 0 unspecified atom stereocenters. The van der Waals surface area contributed by atoms with Crippen LogP contribution >= 0.6 is 0 Å². The molecule has 0 aliphatic carbocycles. The van der Waals surface area contributed by atoms with Crippen molar-refractivity contribution in [3.8, 4) is 0 Å². The van der Waals surface area contributed by atoms with Crippen molar-refractivity contribution in [2.75, 3.05) is 5.73 Å². The number of nitrogen functional groups attached to an aromatic ring is 1. The first kappa shape index (κ1) is 12.2. The van der Waals surface area contributed by atoms with Crippen LogP contribution in [0.2, 0.25) is 19.6 Å². The SMILES string of the molecule is CC.C[Si](C)(C)c1ccc(N)cc1. The number of benzene rings is 1. The van der Waals surface area contributed by atoms with E-state index in [1.807, 2.05) is 26.0 Å². The maximum absolute atomic E-state index is 5.59. The van der Waals surface area contributed by atoms with Gasteiger partial charge in [-0.3, -0.25) is 0 Å². The van der Waals surface area contributed by atoms with Gasteiger partial charge in [-0.05, 0) is 12.1 Å². The van der Waals surface area contributed by atoms with Crippen LogP contribution in [-0.4, -0.2) is 8.07 Å². The molecule has 13 heavy (non-hydrogen) atoms. The summed E-state index contributed by atoms with van der Waals surface area (Å²) in [7, 11) is -1.11. The molecule has 1 rings (SSSR count). The van der Waals surface area contributed by atoms with Crippen LogP contribution in [0.1, 0.15) is 13.8 Å². The molecule has 1 aromatic carbocycles. The molecule has 0 saturated carbocycles. The summed E-state index contributed by atoms with van der Waals surface area (Å²) in [4.78, 5) is 0. The van der Waals surface area contributed by atoms with Crippen LogP contribution in [0.15, 0.2) is 24.3 Å². The summed E-state index contributed by atoms with van der Waals surface area (Å²) < 4.78 is 0. The lowest BCUT2D eigenvalue weighted by Gasteiger charge is -2.15. The summed E-state index contributed by atoms with van der Waals surface area (Å²) in [5.74, 6) is 0. The van der Waals surface area contributed by atoms with E-state index in [1.165, 1.54) is 5.19 Å². The second kappa shape index (κ2) is 5.07. The molecule has 0 fully saturated rings. The highest BCUT2D eigenvalue weighted by atomic mass is 28.3. The summed E-state index contributed by atoms with van der Waals surface area (Å²) >= 11 is 0. The minimum atomic E-state index is -1.11. The normalized spacial score (nSPS) is 10.2. The molecule has 0 bridgehead atoms. The van der Waals surface area contributed by atoms with Crippen molar-refractivity contribution in [1.29, 1.82) is 0 Å². The molecule has 0 aliphatic rings. The zero-order valence-electron chi connectivity index (χ0n) is 9.39. The summed E-state index contributed by atoms with van der Waals surface area (Å²) in [5, 5.41) is 1.46. The van der Waals surface area contributed by atoms with Gasteiger partial charge in [0.2, 0.25) is 0 Å². The van der Waals surface area contributed by atoms with Gasteiger partial charge in [0, 0.05) is 5.69 Å². The Balaban J connectivity index is 0.000000671. The Bertz CT molecular complexity index is 233. The molecule has 0 aromatic heterocycles. The van der Waals surface area contributed by atoms with Crippen LogP contribution in [0.5, 0.6) is 0 Å². The third-order valence-corrected chi connectivity index (χ3v) is 3.84. The standard InChI is InChI=1S/C9H15NSi.C2H6/c1-11(2,3)9-6-4-8(10)5-7-9;1-2/h4-7H,10H2,1-3H3;1-2H3. The predicted octanol–water partition coefficient (Wildman–Crippen LogP) is 2.84. The molecule has 2 N–H and O–H groups in total. The first-order chi connectivity index (χ1) is 6.00. The largest absolute Gasteiger partial charge is 0.399 e. The summed E-state index contributed by atoms with van der Waals surface area (Å²) in [6, 6.07) is 8.24. The highest BCUT2D eigenvalue weighted by Gasteiger charge is 2.14. The van der Waals surface area contributed by atoms with Crippen molar-refractivity contribution in [1.82, 2.24) is 0 Å². The third kappa shape index (κ3) is 4.13. The van der Waals surface area contributed by atoms with Crippen LogP contribution in [0.25, 0.3) is 0 Å². The number of hydrogen-bond acceptors (Lipinski definition) is 1. The van der Waals surface area contributed by atoms with E-state index < -0.39 is 8.07 Å². The maximum Gasteiger partial charge on any atom is 0.0775 e. The van der Waals surface area contributed by atoms with Crippen LogP contribution in [0, 0.1) is 0 Å². The average Bonchev–Trinajstić information content (AvgIpc) is 2.07. The van der Waals surface area contributed by atoms with Gasteiger partial charge in [0.1, 0.15) is 0 Å². The van der Waals surface area contributed by atoms with E-state index in [1.54, 1.807) is 0 Å². The highest BCUT2D eigenvalue weighted by molar-refractivity contribution is 6.88. The minimum Gasteiger partial charge on any atom is -0.399 e. The first-order valence-electron chi connectivity index (χ1n) is 4.86. The van der Waals surface area contributed by atoms with E-state index in [-0.39, 0.29) is 0 Å². The van der Waals surface area contributed by atoms with Crippen LogP contribution in [0.3, 0.4) is 0 Å². The fourth-order valence-electron chi connectivity index (χ4n) is 0.983. The fourth-order valence-corrected chi connectivity index (χ4v) is 2.15. The van der Waals surface area contributed by atoms with Crippen molar-refractivity contribution in [3.05, 3.63) is 24.3 Å². The molecule has 0 saturated heterocycles. The van der Waals surface area contributed by atoms with Gasteiger partial charge in [-0.25, -0.2) is 0 Å². The Morgan fingerprint density at radius 3 is 1.62 bits per heavy atom. The van der Waals surface area contributed by atoms with Gasteiger partial charge in [0.15, 0.2) is 0 Å². The summed E-state index contributed by atoms with van der Waals surface area (Å²) in [6.45, 7) is 11.0. The number of nitrogens with two attached hydrogens (primary N) is 1. The van der Waals surface area contributed by atoms with Crippen LogP contribution in [0.4, 0.5) is 5.69 Å². The van der Waals surface area contributed by atoms with Crippen molar-refractivity contribution in [2.24, 2.45) is 0 Å². The van der Waals surface area contributed by atoms with Gasteiger partial charge in [0.25, 0.3) is 0 Å². The Morgan fingerprint density at radius 2 is 1.31 bits per heavy atom. The van der Waals surface area contributed by atoms with E-state index in [2.05, 4.69) is 31.8 Å². The van der Waals surface area contributed by atoms with E-state index >= 15 is 0 Å². The summed E-state index contributed by atoms with van der Waals surface area (Å²) in [6.07, 6.45) is 0. The Labute approximate surface area is 83.0 Å². The predicted molar refractivity (Wildman–Crippen MR) is 65.2 cm³/mol. The molecule has 74 valence electrons. The molecular formula is C11H21NSi. The molecule has 0 spiro atoms. The molecular weight excluding hydrogens is 174 g/mol. The Kier molecular flexibility index (Phi) is 4.77. The van der Waals surface area contributed by atoms with Crippen molar-refractivity contribution >= 4 is 18.9 Å². The second-order valence-corrected chi connectivity index (χ2v) is 8.95. The van der Waals surface area contributed by atoms with Crippen molar-refractivity contribution in [3.63, 3.8) is 0 Å². The maximum atomic E-state index is 5.59. The van der Waals surface area contributed by atoms with Gasteiger partial charge in [-0.1, -0.05) is 50.8 Å². The Hall–Kier alpha value is -0.763. The van der Waals surface area contributed by atoms with Gasteiger partial charge in [-0.15, -0.1) is 0 Å². The molecule has 0 radical (unpaired) electrons. The lowest BCUT2D eigenvalue weighted by Crippen LogP contribution is -2.37. The molecule has 1 aromatic rings. The van der Waals surface area contributed by atoms with Crippen LogP contribution in [-0.2, 0) is 0 Å². The first-order valence-corrected chi connectivity index (χ1v) is 8.36. The molecule has 0 atom stereocenters. The van der Waals surface area contributed by atoms with Crippen LogP contribution < -0.4 is 10.9 Å².